The summed E-state index contributed by atoms with van der Waals surface area (Å²) in [5, 5.41) is 3.52. The quantitative estimate of drug-likeness (QED) is 0.800. The van der Waals surface area contributed by atoms with Gasteiger partial charge in [0.15, 0.2) is 11.6 Å². The Morgan fingerprint density at radius 2 is 1.65 bits per heavy atom. The van der Waals surface area contributed by atoms with E-state index in [0.29, 0.717) is 11.6 Å². The fraction of sp³-hybridized carbons (Fsp3) is 0.250. The van der Waals surface area contributed by atoms with E-state index in [1.54, 1.807) is 0 Å². The van der Waals surface area contributed by atoms with Crippen molar-refractivity contribution in [3.8, 4) is 11.1 Å². The molecule has 0 radical (unpaired) electrons. The first-order valence-corrected chi connectivity index (χ1v) is 6.82. The van der Waals surface area contributed by atoms with Gasteiger partial charge >= 0.3 is 0 Å². The highest BCUT2D eigenvalue weighted by molar-refractivity contribution is 6.33. The Morgan fingerprint density at radius 3 is 2.25 bits per heavy atom. The van der Waals surface area contributed by atoms with E-state index < -0.39 is 11.6 Å². The zero-order valence-corrected chi connectivity index (χ0v) is 12.1. The summed E-state index contributed by atoms with van der Waals surface area (Å²) >= 11 is 5.96. The van der Waals surface area contributed by atoms with Crippen LogP contribution in [0, 0.1) is 11.6 Å². The number of hydrogen-bond acceptors (Lipinski definition) is 1. The van der Waals surface area contributed by atoms with Gasteiger partial charge in [0.25, 0.3) is 0 Å². The summed E-state index contributed by atoms with van der Waals surface area (Å²) in [6.45, 7) is 4.92. The Labute approximate surface area is 122 Å². The van der Waals surface area contributed by atoms with Gasteiger partial charge < -0.3 is 5.32 Å². The zero-order chi connectivity index (χ0) is 14.7. The maximum absolute atomic E-state index is 13.3. The smallest absolute Gasteiger partial charge is 0.160 e. The van der Waals surface area contributed by atoms with Gasteiger partial charge in [0, 0.05) is 18.2 Å². The highest BCUT2D eigenvalue weighted by atomic mass is 35.5. The molecule has 4 heteroatoms. The summed E-state index contributed by atoms with van der Waals surface area (Å²) < 4.78 is 26.3. The van der Waals surface area contributed by atoms with Crippen molar-refractivity contribution >= 4 is 11.6 Å². The molecule has 0 amide bonds. The molecule has 2 aromatic carbocycles. The van der Waals surface area contributed by atoms with Gasteiger partial charge in [0.1, 0.15) is 0 Å². The third kappa shape index (κ3) is 3.56. The molecule has 0 aliphatic heterocycles. The van der Waals surface area contributed by atoms with Crippen molar-refractivity contribution < 1.29 is 8.78 Å². The topological polar surface area (TPSA) is 12.0 Å². The lowest BCUT2D eigenvalue weighted by molar-refractivity contribution is 0.509. The van der Waals surface area contributed by atoms with E-state index in [9.17, 15) is 8.78 Å². The summed E-state index contributed by atoms with van der Waals surface area (Å²) in [4.78, 5) is 0. The van der Waals surface area contributed by atoms with Crippen LogP contribution >= 0.6 is 11.6 Å². The lowest BCUT2D eigenvalue weighted by Crippen LogP contribution is -2.21. The predicted molar refractivity (Wildman–Crippen MR) is 78.8 cm³/mol. The van der Waals surface area contributed by atoms with Crippen molar-refractivity contribution in [2.75, 3.05) is 0 Å². The molecule has 2 rings (SSSR count). The van der Waals surface area contributed by atoms with E-state index in [1.807, 2.05) is 24.3 Å². The Morgan fingerprint density at radius 1 is 1.05 bits per heavy atom. The molecular weight excluding hydrogens is 280 g/mol. The molecule has 0 atom stereocenters. The van der Waals surface area contributed by atoms with Crippen molar-refractivity contribution in [3.05, 3.63) is 58.6 Å². The minimum absolute atomic E-state index is 0.206. The van der Waals surface area contributed by atoms with Crippen LogP contribution < -0.4 is 5.32 Å². The van der Waals surface area contributed by atoms with Gasteiger partial charge in [0.2, 0.25) is 0 Å². The van der Waals surface area contributed by atoms with Gasteiger partial charge in [-0.15, -0.1) is 0 Å². The van der Waals surface area contributed by atoms with Crippen LogP contribution in [0.4, 0.5) is 8.78 Å². The zero-order valence-electron chi connectivity index (χ0n) is 11.4. The fourth-order valence-electron chi connectivity index (χ4n) is 1.87. The molecule has 0 spiro atoms. The molecule has 0 saturated carbocycles. The molecule has 0 fully saturated rings. The van der Waals surface area contributed by atoms with Gasteiger partial charge in [-0.1, -0.05) is 49.7 Å². The van der Waals surface area contributed by atoms with E-state index in [4.69, 9.17) is 11.6 Å². The molecule has 0 bridgehead atoms. The molecule has 0 aliphatic rings. The molecule has 0 saturated heterocycles. The summed E-state index contributed by atoms with van der Waals surface area (Å²) in [6, 6.07) is 10.1. The summed E-state index contributed by atoms with van der Waals surface area (Å²) in [7, 11) is 0. The molecule has 2 aromatic rings. The first-order valence-electron chi connectivity index (χ1n) is 6.44. The highest BCUT2D eigenvalue weighted by Gasteiger charge is 2.10. The maximum Gasteiger partial charge on any atom is 0.160 e. The minimum Gasteiger partial charge on any atom is -0.310 e. The minimum atomic E-state index is -0.934. The summed E-state index contributed by atoms with van der Waals surface area (Å²) in [5.74, 6) is -1.83. The second kappa shape index (κ2) is 6.33. The van der Waals surface area contributed by atoms with E-state index in [1.165, 1.54) is 0 Å². The van der Waals surface area contributed by atoms with E-state index in [2.05, 4.69) is 19.2 Å². The van der Waals surface area contributed by atoms with Crippen molar-refractivity contribution in [1.29, 1.82) is 0 Å². The van der Waals surface area contributed by atoms with E-state index >= 15 is 0 Å². The second-order valence-corrected chi connectivity index (χ2v) is 5.39. The third-order valence-electron chi connectivity index (χ3n) is 2.99. The van der Waals surface area contributed by atoms with Gasteiger partial charge in [-0.05, 0) is 23.3 Å². The van der Waals surface area contributed by atoms with Crippen molar-refractivity contribution in [2.45, 2.75) is 26.4 Å². The monoisotopic (exact) mass is 295 g/mol. The van der Waals surface area contributed by atoms with Crippen LogP contribution in [0.3, 0.4) is 0 Å². The van der Waals surface area contributed by atoms with Gasteiger partial charge in [0.05, 0.1) is 5.02 Å². The summed E-state index contributed by atoms with van der Waals surface area (Å²) in [6.07, 6.45) is 0. The third-order valence-corrected chi connectivity index (χ3v) is 3.30. The lowest BCUT2D eigenvalue weighted by atomic mass is 10.0. The molecule has 0 aliphatic carbocycles. The van der Waals surface area contributed by atoms with Crippen LogP contribution in [0.25, 0.3) is 11.1 Å². The molecule has 0 aromatic heterocycles. The standard InChI is InChI=1S/C16H16ClF2N/c1-10(2)20-9-11-3-5-12(6-4-11)13-7-15(18)16(19)8-14(13)17/h3-8,10,20H,9H2,1-2H3. The number of halogens is 3. The van der Waals surface area contributed by atoms with Crippen LogP contribution in [-0.2, 0) is 6.54 Å². The Balaban J connectivity index is 2.24. The van der Waals surface area contributed by atoms with Crippen LogP contribution in [0.1, 0.15) is 19.4 Å². The number of rotatable bonds is 4. The van der Waals surface area contributed by atoms with Crippen LogP contribution in [0.15, 0.2) is 36.4 Å². The van der Waals surface area contributed by atoms with E-state index in [0.717, 1.165) is 29.8 Å². The SMILES string of the molecule is CC(C)NCc1ccc(-c2cc(F)c(F)cc2Cl)cc1. The van der Waals surface area contributed by atoms with Gasteiger partial charge in [-0.25, -0.2) is 8.78 Å². The molecule has 1 N–H and O–H groups in total. The maximum atomic E-state index is 13.3. The van der Waals surface area contributed by atoms with Gasteiger partial charge in [-0.3, -0.25) is 0 Å². The Kier molecular flexibility index (Phi) is 4.73. The van der Waals surface area contributed by atoms with Crippen molar-refractivity contribution in [3.63, 3.8) is 0 Å². The molecule has 0 unspecified atom stereocenters. The Bertz CT molecular complexity index is 594. The second-order valence-electron chi connectivity index (χ2n) is 4.98. The van der Waals surface area contributed by atoms with Crippen LogP contribution in [0.5, 0.6) is 0 Å². The number of benzene rings is 2. The average molecular weight is 296 g/mol. The fourth-order valence-corrected chi connectivity index (χ4v) is 2.13. The molecule has 20 heavy (non-hydrogen) atoms. The lowest BCUT2D eigenvalue weighted by Gasteiger charge is -2.10. The van der Waals surface area contributed by atoms with Crippen molar-refractivity contribution in [1.82, 2.24) is 5.32 Å². The van der Waals surface area contributed by atoms with E-state index in [-0.39, 0.29) is 5.02 Å². The molecular formula is C16H16ClF2N. The average Bonchev–Trinajstić information content (AvgIpc) is 2.41. The largest absolute Gasteiger partial charge is 0.310 e. The van der Waals surface area contributed by atoms with Gasteiger partial charge in [-0.2, -0.15) is 0 Å². The first kappa shape index (κ1) is 14.9. The van der Waals surface area contributed by atoms with Crippen LogP contribution in [-0.4, -0.2) is 6.04 Å². The van der Waals surface area contributed by atoms with Crippen molar-refractivity contribution in [2.24, 2.45) is 0 Å². The predicted octanol–water partition coefficient (Wildman–Crippen LogP) is 4.78. The number of nitrogens with one attached hydrogen (secondary N) is 1. The summed E-state index contributed by atoms with van der Waals surface area (Å²) in [5.41, 5.74) is 2.39. The normalized spacial score (nSPS) is 11.1. The highest BCUT2D eigenvalue weighted by Crippen LogP contribution is 2.30. The van der Waals surface area contributed by atoms with Crippen LogP contribution in [0.2, 0.25) is 5.02 Å². The molecule has 1 nitrogen and oxygen atoms in total. The number of hydrogen-bond donors (Lipinski definition) is 1. The molecule has 106 valence electrons. The Hall–Kier alpha value is -1.45. The first-order chi connectivity index (χ1) is 9.47. The molecule has 0 heterocycles.